The maximum absolute atomic E-state index is 5.47. The fraction of sp³-hybridized carbons (Fsp3) is 0.571. The van der Waals surface area contributed by atoms with Gasteiger partial charge in [0.05, 0.1) is 0 Å². The first-order valence-corrected chi connectivity index (χ1v) is 6.30. The molecule has 0 radical (unpaired) electrons. The lowest BCUT2D eigenvalue weighted by Gasteiger charge is -2.37. The summed E-state index contributed by atoms with van der Waals surface area (Å²) in [6.45, 7) is 4.08. The molecule has 0 aromatic heterocycles. The van der Waals surface area contributed by atoms with Gasteiger partial charge in [-0.15, -0.1) is 0 Å². The van der Waals surface area contributed by atoms with E-state index >= 15 is 0 Å². The van der Waals surface area contributed by atoms with Crippen molar-refractivity contribution in [1.29, 1.82) is 0 Å². The maximum atomic E-state index is 5.47. The summed E-state index contributed by atoms with van der Waals surface area (Å²) in [5.41, 5.74) is 8.45. The Hall–Kier alpha value is -0.860. The van der Waals surface area contributed by atoms with Crippen LogP contribution in [0.4, 0.5) is 0 Å². The molecule has 0 saturated heterocycles. The van der Waals surface area contributed by atoms with Gasteiger partial charge in [0.15, 0.2) is 0 Å². The molecule has 0 amide bonds. The molecule has 0 unspecified atom stereocenters. The van der Waals surface area contributed by atoms with Crippen LogP contribution < -0.4 is 11.1 Å². The first-order valence-electron chi connectivity index (χ1n) is 6.30. The third-order valence-electron chi connectivity index (χ3n) is 3.58. The molecule has 16 heavy (non-hydrogen) atoms. The zero-order chi connectivity index (χ0) is 11.4. The van der Waals surface area contributed by atoms with E-state index < -0.39 is 0 Å². The first-order chi connectivity index (χ1) is 7.81. The quantitative estimate of drug-likeness (QED) is 0.743. The topological polar surface area (TPSA) is 38.0 Å². The molecule has 2 nitrogen and oxygen atoms in total. The number of nitrogens with one attached hydrogen (secondary N) is 1. The van der Waals surface area contributed by atoms with Crippen LogP contribution in [0.15, 0.2) is 24.3 Å². The van der Waals surface area contributed by atoms with Gasteiger partial charge in [-0.25, -0.2) is 0 Å². The lowest BCUT2D eigenvalue weighted by molar-refractivity contribution is 0.290. The van der Waals surface area contributed by atoms with Gasteiger partial charge >= 0.3 is 0 Å². The highest BCUT2D eigenvalue weighted by molar-refractivity contribution is 5.31. The van der Waals surface area contributed by atoms with Crippen molar-refractivity contribution in [2.75, 3.05) is 13.1 Å². The van der Waals surface area contributed by atoms with E-state index in [0.29, 0.717) is 0 Å². The summed E-state index contributed by atoms with van der Waals surface area (Å²) in [4.78, 5) is 0. The molecule has 2 heteroatoms. The second-order valence-corrected chi connectivity index (χ2v) is 4.82. The fourth-order valence-electron chi connectivity index (χ4n) is 2.49. The lowest BCUT2D eigenvalue weighted by Crippen LogP contribution is -2.41. The van der Waals surface area contributed by atoms with Crippen LogP contribution in [0.2, 0.25) is 0 Å². The lowest BCUT2D eigenvalue weighted by atomic mass is 9.74. The summed E-state index contributed by atoms with van der Waals surface area (Å²) in [6.07, 6.45) is 3.66. The predicted octanol–water partition coefficient (Wildman–Crippen LogP) is 2.18. The normalized spacial score (nSPS) is 24.1. The minimum atomic E-state index is 0.719. The van der Waals surface area contributed by atoms with Crippen LogP contribution in [0, 0.1) is 6.92 Å². The molecule has 0 spiro atoms. The molecule has 1 aromatic rings. The van der Waals surface area contributed by atoms with Crippen LogP contribution in [0.1, 0.15) is 36.3 Å². The number of rotatable bonds is 5. The highest BCUT2D eigenvalue weighted by Crippen LogP contribution is 2.38. The van der Waals surface area contributed by atoms with Gasteiger partial charge in [0, 0.05) is 6.04 Å². The van der Waals surface area contributed by atoms with Crippen LogP contribution in [-0.4, -0.2) is 19.1 Å². The molecule has 0 atom stereocenters. The summed E-state index contributed by atoms with van der Waals surface area (Å²) in [5.74, 6) is 0.775. The molecular formula is C14H22N2. The second-order valence-electron chi connectivity index (χ2n) is 4.82. The van der Waals surface area contributed by atoms with Gasteiger partial charge in [0.25, 0.3) is 0 Å². The van der Waals surface area contributed by atoms with E-state index in [4.69, 9.17) is 5.73 Å². The van der Waals surface area contributed by atoms with Gasteiger partial charge in [-0.1, -0.05) is 24.3 Å². The van der Waals surface area contributed by atoms with E-state index in [9.17, 15) is 0 Å². The van der Waals surface area contributed by atoms with E-state index in [0.717, 1.165) is 31.5 Å². The summed E-state index contributed by atoms with van der Waals surface area (Å²) in [5, 5.41) is 3.56. The van der Waals surface area contributed by atoms with Crippen molar-refractivity contribution in [3.63, 3.8) is 0 Å². The number of nitrogens with two attached hydrogens (primary N) is 1. The van der Waals surface area contributed by atoms with Gasteiger partial charge in [0.2, 0.25) is 0 Å². The highest BCUT2D eigenvalue weighted by atomic mass is 14.9. The Labute approximate surface area is 98.2 Å². The van der Waals surface area contributed by atoms with Crippen LogP contribution >= 0.6 is 0 Å². The van der Waals surface area contributed by atoms with Crippen molar-refractivity contribution < 1.29 is 0 Å². The largest absolute Gasteiger partial charge is 0.330 e. The van der Waals surface area contributed by atoms with Crippen LogP contribution in [-0.2, 0) is 0 Å². The number of aryl methyl sites for hydroxylation is 1. The highest BCUT2D eigenvalue weighted by Gasteiger charge is 2.30. The van der Waals surface area contributed by atoms with Gasteiger partial charge in [0.1, 0.15) is 0 Å². The predicted molar refractivity (Wildman–Crippen MR) is 68.6 cm³/mol. The monoisotopic (exact) mass is 218 g/mol. The minimum absolute atomic E-state index is 0.719. The standard InChI is InChI=1S/C14H22N2/c1-11-5-2-3-6-14(11)12-9-13(10-12)16-8-4-7-15/h2-3,5-6,12-13,16H,4,7-10,15H2,1H3. The third-order valence-corrected chi connectivity index (χ3v) is 3.58. The third kappa shape index (κ3) is 2.63. The molecule has 1 saturated carbocycles. The Balaban J connectivity index is 1.78. The molecule has 0 heterocycles. The van der Waals surface area contributed by atoms with Crippen molar-refractivity contribution in [2.45, 2.75) is 38.1 Å². The number of hydrogen-bond donors (Lipinski definition) is 2. The molecule has 1 aromatic carbocycles. The van der Waals surface area contributed by atoms with E-state index in [1.54, 1.807) is 5.56 Å². The summed E-state index contributed by atoms with van der Waals surface area (Å²) in [6, 6.07) is 9.48. The molecule has 1 aliphatic rings. The molecule has 0 bridgehead atoms. The maximum Gasteiger partial charge on any atom is 0.00787 e. The smallest absolute Gasteiger partial charge is 0.00787 e. The van der Waals surface area contributed by atoms with Crippen molar-refractivity contribution in [2.24, 2.45) is 5.73 Å². The van der Waals surface area contributed by atoms with E-state index in [2.05, 4.69) is 36.5 Å². The van der Waals surface area contributed by atoms with Crippen molar-refractivity contribution >= 4 is 0 Å². The zero-order valence-electron chi connectivity index (χ0n) is 10.1. The first kappa shape index (κ1) is 11.6. The second kappa shape index (κ2) is 5.46. The van der Waals surface area contributed by atoms with Gasteiger partial charge < -0.3 is 11.1 Å². The van der Waals surface area contributed by atoms with Crippen molar-refractivity contribution in [3.8, 4) is 0 Å². The Morgan fingerprint density at radius 3 is 2.75 bits per heavy atom. The number of hydrogen-bond acceptors (Lipinski definition) is 2. The van der Waals surface area contributed by atoms with Crippen LogP contribution in [0.5, 0.6) is 0 Å². The molecule has 0 aliphatic heterocycles. The Morgan fingerprint density at radius 1 is 1.31 bits per heavy atom. The molecule has 3 N–H and O–H groups in total. The van der Waals surface area contributed by atoms with Gasteiger partial charge in [-0.05, 0) is 56.3 Å². The minimum Gasteiger partial charge on any atom is -0.330 e. The van der Waals surface area contributed by atoms with Crippen LogP contribution in [0.25, 0.3) is 0 Å². The Bertz CT molecular complexity index is 329. The molecule has 88 valence electrons. The summed E-state index contributed by atoms with van der Waals surface area (Å²) >= 11 is 0. The molecule has 2 rings (SSSR count). The van der Waals surface area contributed by atoms with Gasteiger partial charge in [-0.3, -0.25) is 0 Å². The average molecular weight is 218 g/mol. The Morgan fingerprint density at radius 2 is 2.06 bits per heavy atom. The van der Waals surface area contributed by atoms with E-state index in [1.165, 1.54) is 18.4 Å². The van der Waals surface area contributed by atoms with E-state index in [1.807, 2.05) is 0 Å². The Kier molecular flexibility index (Phi) is 3.97. The van der Waals surface area contributed by atoms with Crippen molar-refractivity contribution in [3.05, 3.63) is 35.4 Å². The summed E-state index contributed by atoms with van der Waals surface area (Å²) < 4.78 is 0. The number of benzene rings is 1. The SMILES string of the molecule is Cc1ccccc1C1CC(NCCCN)C1. The average Bonchev–Trinajstić information content (AvgIpc) is 2.23. The zero-order valence-corrected chi connectivity index (χ0v) is 10.1. The fourth-order valence-corrected chi connectivity index (χ4v) is 2.49. The summed E-state index contributed by atoms with van der Waals surface area (Å²) in [7, 11) is 0. The molecular weight excluding hydrogens is 196 g/mol. The van der Waals surface area contributed by atoms with Crippen molar-refractivity contribution in [1.82, 2.24) is 5.32 Å². The van der Waals surface area contributed by atoms with Gasteiger partial charge in [-0.2, -0.15) is 0 Å². The van der Waals surface area contributed by atoms with E-state index in [-0.39, 0.29) is 0 Å². The van der Waals surface area contributed by atoms with Crippen LogP contribution in [0.3, 0.4) is 0 Å². The molecule has 1 fully saturated rings. The molecule has 1 aliphatic carbocycles.